The predicted molar refractivity (Wildman–Crippen MR) is 75.9 cm³/mol. The molecule has 1 saturated heterocycles. The molecule has 1 fully saturated rings. The number of nitrogens with zero attached hydrogens (tertiary/aromatic N) is 2. The van der Waals surface area contributed by atoms with E-state index in [1.54, 1.807) is 26.0 Å². The number of ketones is 1. The number of benzene rings is 1. The highest BCUT2D eigenvalue weighted by Gasteiger charge is 2.20. The molecule has 102 valence electrons. The Bertz CT molecular complexity index is 508. The zero-order chi connectivity index (χ0) is 14.0. The van der Waals surface area contributed by atoms with Gasteiger partial charge in [0.1, 0.15) is 0 Å². The Kier molecular flexibility index (Phi) is 4.10. The number of amides is 1. The molecule has 0 unspecified atom stereocenters. The summed E-state index contributed by atoms with van der Waals surface area (Å²) in [4.78, 5) is 26.6. The maximum atomic E-state index is 11.4. The maximum Gasteiger partial charge on any atom is 0.219 e. The number of hydrogen-bond donors (Lipinski definition) is 0. The van der Waals surface area contributed by atoms with Crippen molar-refractivity contribution in [1.29, 1.82) is 0 Å². The van der Waals surface area contributed by atoms with Crippen LogP contribution in [0.15, 0.2) is 18.2 Å². The standard InChI is InChI=1S/C14H17ClN2O2/c1-10(18)12-3-4-13(15)14(9-12)17-7-5-16(6-8-17)11(2)19/h3-4,9H,5-8H2,1-2H3. The first kappa shape index (κ1) is 13.9. The Hall–Kier alpha value is -1.55. The summed E-state index contributed by atoms with van der Waals surface area (Å²) < 4.78 is 0. The minimum atomic E-state index is 0.0280. The van der Waals surface area contributed by atoms with Crippen molar-refractivity contribution in [3.8, 4) is 0 Å². The first-order chi connectivity index (χ1) is 8.99. The summed E-state index contributed by atoms with van der Waals surface area (Å²) in [6.45, 7) is 5.98. The molecule has 0 N–H and O–H groups in total. The summed E-state index contributed by atoms with van der Waals surface area (Å²) in [5.74, 6) is 0.128. The zero-order valence-electron chi connectivity index (χ0n) is 11.1. The lowest BCUT2D eigenvalue weighted by molar-refractivity contribution is -0.129. The van der Waals surface area contributed by atoms with E-state index in [1.165, 1.54) is 0 Å². The van der Waals surface area contributed by atoms with Gasteiger partial charge in [0.25, 0.3) is 0 Å². The lowest BCUT2D eigenvalue weighted by Gasteiger charge is -2.36. The first-order valence-electron chi connectivity index (χ1n) is 6.30. The molecule has 0 radical (unpaired) electrons. The molecule has 1 aliphatic rings. The Morgan fingerprint density at radius 1 is 1.11 bits per heavy atom. The maximum absolute atomic E-state index is 11.4. The van der Waals surface area contributed by atoms with Crippen molar-refractivity contribution in [2.24, 2.45) is 0 Å². The van der Waals surface area contributed by atoms with Crippen LogP contribution in [0.3, 0.4) is 0 Å². The molecule has 0 aliphatic carbocycles. The number of hydrogen-bond acceptors (Lipinski definition) is 3. The number of anilines is 1. The number of halogens is 1. The second-order valence-electron chi connectivity index (χ2n) is 4.72. The molecule has 0 spiro atoms. The molecular formula is C14H17ClN2O2. The highest BCUT2D eigenvalue weighted by Crippen LogP contribution is 2.28. The molecule has 1 aliphatic heterocycles. The quantitative estimate of drug-likeness (QED) is 0.780. The summed E-state index contributed by atoms with van der Waals surface area (Å²) in [7, 11) is 0. The van der Waals surface area contributed by atoms with Gasteiger partial charge in [-0.15, -0.1) is 0 Å². The average Bonchev–Trinajstić information content (AvgIpc) is 2.39. The monoisotopic (exact) mass is 280 g/mol. The van der Waals surface area contributed by atoms with E-state index >= 15 is 0 Å². The molecule has 0 saturated carbocycles. The number of Topliss-reactive ketones (excluding diaryl/α,β-unsaturated/α-hetero) is 1. The van der Waals surface area contributed by atoms with Crippen molar-refractivity contribution >= 4 is 29.0 Å². The van der Waals surface area contributed by atoms with E-state index in [4.69, 9.17) is 11.6 Å². The van der Waals surface area contributed by atoms with E-state index in [0.717, 1.165) is 18.8 Å². The van der Waals surface area contributed by atoms with Gasteiger partial charge in [0, 0.05) is 38.7 Å². The van der Waals surface area contributed by atoms with Crippen molar-refractivity contribution in [1.82, 2.24) is 4.90 Å². The number of rotatable bonds is 2. The van der Waals surface area contributed by atoms with Gasteiger partial charge in [-0.1, -0.05) is 11.6 Å². The first-order valence-corrected chi connectivity index (χ1v) is 6.68. The summed E-state index contributed by atoms with van der Waals surface area (Å²) in [6, 6.07) is 5.32. The van der Waals surface area contributed by atoms with Gasteiger partial charge in [-0.3, -0.25) is 9.59 Å². The molecule has 1 amide bonds. The van der Waals surface area contributed by atoms with Crippen LogP contribution in [0.5, 0.6) is 0 Å². The summed E-state index contributed by atoms with van der Waals surface area (Å²) in [6.07, 6.45) is 0. The summed E-state index contributed by atoms with van der Waals surface area (Å²) >= 11 is 6.20. The molecule has 1 aromatic rings. The lowest BCUT2D eigenvalue weighted by atomic mass is 10.1. The molecule has 4 nitrogen and oxygen atoms in total. The van der Waals surface area contributed by atoms with Gasteiger partial charge in [-0.2, -0.15) is 0 Å². The van der Waals surface area contributed by atoms with Gasteiger partial charge in [-0.25, -0.2) is 0 Å². The molecule has 2 rings (SSSR count). The SMILES string of the molecule is CC(=O)c1ccc(Cl)c(N2CCN(C(C)=O)CC2)c1. The summed E-state index contributed by atoms with van der Waals surface area (Å²) in [5, 5.41) is 0.640. The van der Waals surface area contributed by atoms with Gasteiger partial charge >= 0.3 is 0 Å². The van der Waals surface area contributed by atoms with Crippen molar-refractivity contribution in [3.05, 3.63) is 28.8 Å². The summed E-state index contributed by atoms with van der Waals surface area (Å²) in [5.41, 5.74) is 1.53. The van der Waals surface area contributed by atoms with Gasteiger partial charge in [0.05, 0.1) is 10.7 Å². The molecule has 0 atom stereocenters. The third kappa shape index (κ3) is 3.07. The molecule has 0 aromatic heterocycles. The van der Waals surface area contributed by atoms with Crippen LogP contribution >= 0.6 is 11.6 Å². The van der Waals surface area contributed by atoms with Gasteiger partial charge in [0.2, 0.25) is 5.91 Å². The topological polar surface area (TPSA) is 40.6 Å². The van der Waals surface area contributed by atoms with Crippen molar-refractivity contribution in [2.45, 2.75) is 13.8 Å². The Morgan fingerprint density at radius 2 is 1.74 bits per heavy atom. The van der Waals surface area contributed by atoms with E-state index in [0.29, 0.717) is 23.7 Å². The van der Waals surface area contributed by atoms with E-state index < -0.39 is 0 Å². The van der Waals surface area contributed by atoms with Crippen molar-refractivity contribution in [2.75, 3.05) is 31.1 Å². The highest BCUT2D eigenvalue weighted by molar-refractivity contribution is 6.33. The predicted octanol–water partition coefficient (Wildman–Crippen LogP) is 2.21. The van der Waals surface area contributed by atoms with Gasteiger partial charge < -0.3 is 9.80 Å². The number of piperazine rings is 1. The van der Waals surface area contributed by atoms with Crippen LogP contribution in [0.25, 0.3) is 0 Å². The molecule has 0 bridgehead atoms. The largest absolute Gasteiger partial charge is 0.367 e. The average molecular weight is 281 g/mol. The smallest absolute Gasteiger partial charge is 0.219 e. The third-order valence-corrected chi connectivity index (χ3v) is 3.74. The lowest BCUT2D eigenvalue weighted by Crippen LogP contribution is -2.48. The molecule has 5 heteroatoms. The van der Waals surface area contributed by atoms with Crippen molar-refractivity contribution in [3.63, 3.8) is 0 Å². The second-order valence-corrected chi connectivity index (χ2v) is 5.12. The minimum Gasteiger partial charge on any atom is -0.367 e. The van der Waals surface area contributed by atoms with Crippen LogP contribution in [0.4, 0.5) is 5.69 Å². The molecule has 1 heterocycles. The second kappa shape index (κ2) is 5.61. The van der Waals surface area contributed by atoms with Crippen LogP contribution in [-0.2, 0) is 4.79 Å². The fourth-order valence-electron chi connectivity index (χ4n) is 2.24. The molecular weight excluding hydrogens is 264 g/mol. The fourth-order valence-corrected chi connectivity index (χ4v) is 2.47. The highest BCUT2D eigenvalue weighted by atomic mass is 35.5. The fraction of sp³-hybridized carbons (Fsp3) is 0.429. The third-order valence-electron chi connectivity index (χ3n) is 3.42. The van der Waals surface area contributed by atoms with Crippen LogP contribution < -0.4 is 4.90 Å². The Labute approximate surface area is 117 Å². The van der Waals surface area contributed by atoms with Gasteiger partial charge in [0.15, 0.2) is 5.78 Å². The van der Waals surface area contributed by atoms with E-state index in [1.807, 2.05) is 11.0 Å². The van der Waals surface area contributed by atoms with Crippen LogP contribution in [0, 0.1) is 0 Å². The van der Waals surface area contributed by atoms with E-state index in [-0.39, 0.29) is 11.7 Å². The van der Waals surface area contributed by atoms with Crippen LogP contribution in [-0.4, -0.2) is 42.8 Å². The molecule has 19 heavy (non-hydrogen) atoms. The zero-order valence-corrected chi connectivity index (χ0v) is 11.9. The Morgan fingerprint density at radius 3 is 2.26 bits per heavy atom. The number of carbonyl (C=O) groups excluding carboxylic acids is 2. The van der Waals surface area contributed by atoms with E-state index in [9.17, 15) is 9.59 Å². The normalized spacial score (nSPS) is 15.5. The van der Waals surface area contributed by atoms with Crippen LogP contribution in [0.1, 0.15) is 24.2 Å². The Balaban J connectivity index is 2.17. The molecule has 1 aromatic carbocycles. The minimum absolute atomic E-state index is 0.0280. The number of carbonyl (C=O) groups is 2. The van der Waals surface area contributed by atoms with Crippen molar-refractivity contribution < 1.29 is 9.59 Å². The van der Waals surface area contributed by atoms with Gasteiger partial charge in [-0.05, 0) is 25.1 Å². The van der Waals surface area contributed by atoms with E-state index in [2.05, 4.69) is 4.90 Å². The van der Waals surface area contributed by atoms with Crippen LogP contribution in [0.2, 0.25) is 5.02 Å².